The monoisotopic (exact) mass is 295 g/mol. The molecule has 2 aromatic rings. The molecular weight excluding hydrogens is 281 g/mol. The molecule has 0 fully saturated rings. The van der Waals surface area contributed by atoms with Gasteiger partial charge in [0.05, 0.1) is 12.5 Å². The molecule has 0 bridgehead atoms. The van der Waals surface area contributed by atoms with Crippen LogP contribution in [0.25, 0.3) is 0 Å². The van der Waals surface area contributed by atoms with E-state index in [1.807, 2.05) is 0 Å². The standard InChI is InChI=1S/C13H14FN3O2S/c14-10-5-4-9-2-1-3-12(11(9)6-10)17-20(18,19)13-7-15-8-16-13/h4-8,12,17H,1-3H2,(H,15,16)/t12-/m0/s1. The number of rotatable bonds is 3. The molecule has 1 heterocycles. The summed E-state index contributed by atoms with van der Waals surface area (Å²) in [5.41, 5.74) is 1.72. The first kappa shape index (κ1) is 13.3. The van der Waals surface area contributed by atoms with Crippen LogP contribution >= 0.6 is 0 Å². The van der Waals surface area contributed by atoms with Gasteiger partial charge in [-0.05, 0) is 42.5 Å². The SMILES string of the molecule is O=S(=O)(N[C@H]1CCCc2ccc(F)cc21)c1cnc[nH]1. The highest BCUT2D eigenvalue weighted by Crippen LogP contribution is 2.31. The van der Waals surface area contributed by atoms with Crippen molar-refractivity contribution in [3.8, 4) is 0 Å². The number of hydrogen-bond donors (Lipinski definition) is 2. The lowest BCUT2D eigenvalue weighted by Crippen LogP contribution is -2.31. The molecule has 1 aliphatic rings. The minimum absolute atomic E-state index is 0.0148. The lowest BCUT2D eigenvalue weighted by atomic mass is 9.88. The van der Waals surface area contributed by atoms with Gasteiger partial charge in [0.15, 0.2) is 5.03 Å². The van der Waals surface area contributed by atoms with Gasteiger partial charge < -0.3 is 4.98 Å². The average Bonchev–Trinajstić information content (AvgIpc) is 2.94. The Morgan fingerprint density at radius 1 is 1.40 bits per heavy atom. The molecule has 7 heteroatoms. The van der Waals surface area contributed by atoms with Crippen molar-refractivity contribution in [2.24, 2.45) is 0 Å². The van der Waals surface area contributed by atoms with E-state index < -0.39 is 16.1 Å². The first-order valence-electron chi connectivity index (χ1n) is 6.35. The topological polar surface area (TPSA) is 74.8 Å². The number of halogens is 1. The fraction of sp³-hybridized carbons (Fsp3) is 0.308. The second-order valence-corrected chi connectivity index (χ2v) is 6.51. The van der Waals surface area contributed by atoms with Crippen molar-refractivity contribution >= 4 is 10.0 Å². The maximum absolute atomic E-state index is 13.4. The van der Waals surface area contributed by atoms with Gasteiger partial charge in [-0.15, -0.1) is 0 Å². The van der Waals surface area contributed by atoms with Crippen molar-refractivity contribution in [3.05, 3.63) is 47.7 Å². The van der Waals surface area contributed by atoms with Gasteiger partial charge in [-0.25, -0.2) is 22.5 Å². The highest BCUT2D eigenvalue weighted by atomic mass is 32.2. The Balaban J connectivity index is 1.92. The third kappa shape index (κ3) is 2.46. The van der Waals surface area contributed by atoms with Crippen LogP contribution in [-0.4, -0.2) is 18.4 Å². The quantitative estimate of drug-likeness (QED) is 0.908. The zero-order valence-electron chi connectivity index (χ0n) is 10.6. The number of imidazole rings is 1. The molecule has 0 aliphatic heterocycles. The zero-order valence-corrected chi connectivity index (χ0v) is 11.5. The molecule has 1 aromatic heterocycles. The van der Waals surface area contributed by atoms with Gasteiger partial charge in [-0.3, -0.25) is 0 Å². The Labute approximate surface area is 116 Å². The van der Waals surface area contributed by atoms with Crippen LogP contribution in [0.5, 0.6) is 0 Å². The minimum atomic E-state index is -3.66. The summed E-state index contributed by atoms with van der Waals surface area (Å²) < 4.78 is 40.4. The van der Waals surface area contributed by atoms with Crippen LogP contribution in [0, 0.1) is 5.82 Å². The van der Waals surface area contributed by atoms with Crippen LogP contribution in [-0.2, 0) is 16.4 Å². The van der Waals surface area contributed by atoms with Crippen LogP contribution in [0.15, 0.2) is 35.7 Å². The van der Waals surface area contributed by atoms with Crippen molar-refractivity contribution < 1.29 is 12.8 Å². The first-order chi connectivity index (χ1) is 9.56. The van der Waals surface area contributed by atoms with Crippen LogP contribution in [0.1, 0.15) is 30.0 Å². The van der Waals surface area contributed by atoms with Gasteiger partial charge >= 0.3 is 0 Å². The van der Waals surface area contributed by atoms with Gasteiger partial charge in [-0.1, -0.05) is 6.07 Å². The lowest BCUT2D eigenvalue weighted by molar-refractivity contribution is 0.501. The molecule has 1 atom stereocenters. The van der Waals surface area contributed by atoms with Crippen molar-refractivity contribution in [2.45, 2.75) is 30.3 Å². The first-order valence-corrected chi connectivity index (χ1v) is 7.83. The number of nitrogens with one attached hydrogen (secondary N) is 2. The third-order valence-electron chi connectivity index (χ3n) is 3.48. The van der Waals surface area contributed by atoms with E-state index in [-0.39, 0.29) is 10.8 Å². The van der Waals surface area contributed by atoms with Crippen LogP contribution in [0.2, 0.25) is 0 Å². The maximum atomic E-state index is 13.4. The Morgan fingerprint density at radius 2 is 2.25 bits per heavy atom. The smallest absolute Gasteiger partial charge is 0.258 e. The second kappa shape index (κ2) is 4.99. The van der Waals surface area contributed by atoms with Gasteiger partial charge in [0, 0.05) is 6.04 Å². The molecule has 0 unspecified atom stereocenters. The number of sulfonamides is 1. The molecule has 0 radical (unpaired) electrons. The van der Waals surface area contributed by atoms with E-state index in [1.54, 1.807) is 6.07 Å². The summed E-state index contributed by atoms with van der Waals surface area (Å²) >= 11 is 0. The Kier molecular flexibility index (Phi) is 3.31. The number of aromatic amines is 1. The molecule has 1 aliphatic carbocycles. The minimum Gasteiger partial charge on any atom is -0.335 e. The molecule has 106 valence electrons. The number of hydrogen-bond acceptors (Lipinski definition) is 3. The summed E-state index contributed by atoms with van der Waals surface area (Å²) in [6.07, 6.45) is 4.93. The molecule has 1 aromatic carbocycles. The van der Waals surface area contributed by atoms with E-state index in [9.17, 15) is 12.8 Å². The Bertz CT molecular complexity index is 713. The summed E-state index contributed by atoms with van der Waals surface area (Å²) in [6, 6.07) is 4.14. The second-order valence-electron chi connectivity index (χ2n) is 4.83. The number of H-pyrrole nitrogens is 1. The average molecular weight is 295 g/mol. The van der Waals surface area contributed by atoms with Crippen LogP contribution < -0.4 is 4.72 Å². The number of aryl methyl sites for hydroxylation is 1. The molecule has 0 saturated heterocycles. The Morgan fingerprint density at radius 3 is 3.00 bits per heavy atom. The molecule has 0 spiro atoms. The zero-order chi connectivity index (χ0) is 14.2. The molecule has 2 N–H and O–H groups in total. The molecule has 3 rings (SSSR count). The molecule has 5 nitrogen and oxygen atoms in total. The van der Waals surface area contributed by atoms with E-state index in [2.05, 4.69) is 14.7 Å². The van der Waals surface area contributed by atoms with E-state index in [0.29, 0.717) is 6.42 Å². The predicted octanol–water partition coefficient (Wildman–Crippen LogP) is 1.90. The summed E-state index contributed by atoms with van der Waals surface area (Å²) in [7, 11) is -3.66. The molecule has 20 heavy (non-hydrogen) atoms. The predicted molar refractivity (Wildman–Crippen MR) is 71.0 cm³/mol. The van der Waals surface area contributed by atoms with Crippen LogP contribution in [0.3, 0.4) is 0 Å². The van der Waals surface area contributed by atoms with Crippen molar-refractivity contribution in [1.82, 2.24) is 14.7 Å². The summed E-state index contributed by atoms with van der Waals surface area (Å²) in [5.74, 6) is -0.351. The Hall–Kier alpha value is -1.73. The fourth-order valence-corrected chi connectivity index (χ4v) is 3.69. The summed E-state index contributed by atoms with van der Waals surface area (Å²) in [6.45, 7) is 0. The summed E-state index contributed by atoms with van der Waals surface area (Å²) in [5, 5.41) is 0.0148. The number of aromatic nitrogens is 2. The lowest BCUT2D eigenvalue weighted by Gasteiger charge is -2.26. The molecular formula is C13H14FN3O2S. The number of nitrogens with zero attached hydrogens (tertiary/aromatic N) is 1. The highest BCUT2D eigenvalue weighted by molar-refractivity contribution is 7.89. The summed E-state index contributed by atoms with van der Waals surface area (Å²) in [4.78, 5) is 6.27. The van der Waals surface area contributed by atoms with E-state index in [0.717, 1.165) is 24.0 Å². The molecule has 0 saturated carbocycles. The van der Waals surface area contributed by atoms with Gasteiger partial charge in [-0.2, -0.15) is 0 Å². The third-order valence-corrected chi connectivity index (χ3v) is 4.88. The van der Waals surface area contributed by atoms with Gasteiger partial charge in [0.2, 0.25) is 0 Å². The number of benzene rings is 1. The van der Waals surface area contributed by atoms with Gasteiger partial charge in [0.1, 0.15) is 5.82 Å². The van der Waals surface area contributed by atoms with E-state index in [1.165, 1.54) is 24.7 Å². The van der Waals surface area contributed by atoms with Crippen molar-refractivity contribution in [2.75, 3.05) is 0 Å². The maximum Gasteiger partial charge on any atom is 0.258 e. The van der Waals surface area contributed by atoms with E-state index >= 15 is 0 Å². The van der Waals surface area contributed by atoms with Crippen molar-refractivity contribution in [1.29, 1.82) is 0 Å². The highest BCUT2D eigenvalue weighted by Gasteiger charge is 2.26. The van der Waals surface area contributed by atoms with E-state index in [4.69, 9.17) is 0 Å². The number of fused-ring (bicyclic) bond motifs is 1. The largest absolute Gasteiger partial charge is 0.335 e. The molecule has 0 amide bonds. The van der Waals surface area contributed by atoms with Crippen LogP contribution in [0.4, 0.5) is 4.39 Å². The van der Waals surface area contributed by atoms with Gasteiger partial charge in [0.25, 0.3) is 10.0 Å². The normalized spacial score (nSPS) is 18.8. The fourth-order valence-electron chi connectivity index (χ4n) is 2.53. The van der Waals surface area contributed by atoms with Crippen molar-refractivity contribution in [3.63, 3.8) is 0 Å².